The van der Waals surface area contributed by atoms with Crippen molar-refractivity contribution in [1.82, 2.24) is 0 Å². The summed E-state index contributed by atoms with van der Waals surface area (Å²) in [6.45, 7) is 3.32. The SMILES string of the molecule is C/C=C\CCCCCCCCCC(=O)O[C@H](COC(=O)CCCCCCC)COP(=O)(O)O. The van der Waals surface area contributed by atoms with Crippen LogP contribution in [0.4, 0.5) is 0 Å². The van der Waals surface area contributed by atoms with Crippen molar-refractivity contribution in [2.45, 2.75) is 116 Å². The number of carbonyl (C=O) groups is 2. The van der Waals surface area contributed by atoms with Crippen LogP contribution in [0.15, 0.2) is 12.2 Å². The molecule has 0 aromatic heterocycles. The minimum atomic E-state index is -4.72. The van der Waals surface area contributed by atoms with Crippen LogP contribution in [0.2, 0.25) is 0 Å². The summed E-state index contributed by atoms with van der Waals surface area (Å²) in [5, 5.41) is 0. The lowest BCUT2D eigenvalue weighted by Crippen LogP contribution is -2.29. The Morgan fingerprint density at radius 1 is 0.818 bits per heavy atom. The first-order chi connectivity index (χ1) is 15.8. The second-order valence-corrected chi connectivity index (χ2v) is 9.57. The van der Waals surface area contributed by atoms with Crippen LogP contribution in [0.3, 0.4) is 0 Å². The third-order valence-corrected chi connectivity index (χ3v) is 5.61. The molecule has 33 heavy (non-hydrogen) atoms. The maximum absolute atomic E-state index is 12.1. The fourth-order valence-electron chi connectivity index (χ4n) is 3.25. The Labute approximate surface area is 199 Å². The first kappa shape index (κ1) is 31.8. The van der Waals surface area contributed by atoms with Crippen LogP contribution < -0.4 is 0 Å². The molecular formula is C24H45O8P. The monoisotopic (exact) mass is 492 g/mol. The van der Waals surface area contributed by atoms with Gasteiger partial charge in [0.25, 0.3) is 0 Å². The van der Waals surface area contributed by atoms with Crippen molar-refractivity contribution in [2.24, 2.45) is 0 Å². The standard InChI is InChI=1S/C24H45O8P/c1-3-5-7-9-10-11-12-13-15-17-19-24(26)32-22(21-31-33(27,28)29)20-30-23(25)18-16-14-8-6-4-2/h3,5,22H,4,6-21H2,1-2H3,(H2,27,28,29)/b5-3-/t22-/m1/s1. The molecule has 0 spiro atoms. The van der Waals surface area contributed by atoms with Crippen LogP contribution >= 0.6 is 7.82 Å². The Kier molecular flexibility index (Phi) is 20.5. The molecular weight excluding hydrogens is 447 g/mol. The highest BCUT2D eigenvalue weighted by Crippen LogP contribution is 2.35. The second kappa shape index (κ2) is 21.3. The van der Waals surface area contributed by atoms with Gasteiger partial charge in [-0.05, 0) is 32.6 Å². The second-order valence-electron chi connectivity index (χ2n) is 8.33. The highest BCUT2D eigenvalue weighted by molar-refractivity contribution is 7.46. The summed E-state index contributed by atoms with van der Waals surface area (Å²) >= 11 is 0. The number of esters is 2. The van der Waals surface area contributed by atoms with E-state index < -0.39 is 32.5 Å². The lowest BCUT2D eigenvalue weighted by atomic mass is 10.1. The normalized spacial score (nSPS) is 12.7. The van der Waals surface area contributed by atoms with E-state index in [1.165, 1.54) is 19.3 Å². The van der Waals surface area contributed by atoms with Gasteiger partial charge in [0.15, 0.2) is 6.10 Å². The number of hydrogen-bond donors (Lipinski definition) is 2. The molecule has 0 aliphatic rings. The number of ether oxygens (including phenoxy) is 2. The Bertz CT molecular complexity index is 573. The lowest BCUT2D eigenvalue weighted by molar-refractivity contribution is -0.161. The molecule has 0 fully saturated rings. The number of phosphoric ester groups is 1. The van der Waals surface area contributed by atoms with E-state index in [2.05, 4.69) is 23.6 Å². The lowest BCUT2D eigenvalue weighted by Gasteiger charge is -2.18. The van der Waals surface area contributed by atoms with E-state index in [4.69, 9.17) is 19.3 Å². The average Bonchev–Trinajstić information content (AvgIpc) is 2.76. The fraction of sp³-hybridized carbons (Fsp3) is 0.833. The van der Waals surface area contributed by atoms with Crippen LogP contribution in [-0.4, -0.2) is 41.0 Å². The molecule has 8 nitrogen and oxygen atoms in total. The van der Waals surface area contributed by atoms with Gasteiger partial charge in [-0.15, -0.1) is 0 Å². The highest BCUT2D eigenvalue weighted by Gasteiger charge is 2.22. The predicted molar refractivity (Wildman–Crippen MR) is 129 cm³/mol. The van der Waals surface area contributed by atoms with Crippen LogP contribution in [-0.2, 0) is 28.2 Å². The zero-order valence-electron chi connectivity index (χ0n) is 20.5. The van der Waals surface area contributed by atoms with E-state index in [0.717, 1.165) is 57.8 Å². The molecule has 0 bridgehead atoms. The molecule has 0 aliphatic carbocycles. The van der Waals surface area contributed by atoms with Crippen LogP contribution in [0, 0.1) is 0 Å². The Balaban J connectivity index is 4.13. The summed E-state index contributed by atoms with van der Waals surface area (Å²) in [7, 11) is -4.72. The predicted octanol–water partition coefficient (Wildman–Crippen LogP) is 6.00. The molecule has 0 aliphatic heterocycles. The van der Waals surface area contributed by atoms with Crippen molar-refractivity contribution in [2.75, 3.05) is 13.2 Å². The molecule has 9 heteroatoms. The largest absolute Gasteiger partial charge is 0.469 e. The zero-order valence-corrected chi connectivity index (χ0v) is 21.4. The molecule has 0 unspecified atom stereocenters. The molecule has 0 saturated heterocycles. The minimum absolute atomic E-state index is 0.207. The summed E-state index contributed by atoms with van der Waals surface area (Å²) in [6, 6.07) is 0. The zero-order chi connectivity index (χ0) is 24.8. The van der Waals surface area contributed by atoms with Crippen molar-refractivity contribution in [1.29, 1.82) is 0 Å². The smallest absolute Gasteiger partial charge is 0.462 e. The topological polar surface area (TPSA) is 119 Å². The minimum Gasteiger partial charge on any atom is -0.462 e. The van der Waals surface area contributed by atoms with Crippen molar-refractivity contribution in [3.63, 3.8) is 0 Å². The average molecular weight is 493 g/mol. The van der Waals surface area contributed by atoms with Crippen molar-refractivity contribution in [3.05, 3.63) is 12.2 Å². The Morgan fingerprint density at radius 2 is 1.36 bits per heavy atom. The highest BCUT2D eigenvalue weighted by atomic mass is 31.2. The number of phosphoric acid groups is 1. The van der Waals surface area contributed by atoms with Crippen molar-refractivity contribution in [3.8, 4) is 0 Å². The van der Waals surface area contributed by atoms with E-state index in [1.807, 2.05) is 6.92 Å². The summed E-state index contributed by atoms with van der Waals surface area (Å²) < 4.78 is 25.8. The van der Waals surface area contributed by atoms with Gasteiger partial charge in [-0.25, -0.2) is 4.57 Å². The van der Waals surface area contributed by atoms with E-state index in [0.29, 0.717) is 6.42 Å². The van der Waals surface area contributed by atoms with Gasteiger partial charge < -0.3 is 19.3 Å². The summed E-state index contributed by atoms with van der Waals surface area (Å²) in [6.07, 6.45) is 17.2. The number of hydrogen-bond acceptors (Lipinski definition) is 6. The number of rotatable bonds is 22. The van der Waals surface area contributed by atoms with Gasteiger partial charge in [0.05, 0.1) is 6.61 Å². The summed E-state index contributed by atoms with van der Waals surface area (Å²) in [4.78, 5) is 41.8. The Morgan fingerprint density at radius 3 is 1.94 bits per heavy atom. The Hall–Kier alpha value is -1.21. The van der Waals surface area contributed by atoms with E-state index in [1.54, 1.807) is 0 Å². The quantitative estimate of drug-likeness (QED) is 0.0817. The van der Waals surface area contributed by atoms with Gasteiger partial charge >= 0.3 is 19.8 Å². The molecule has 0 aromatic carbocycles. The molecule has 0 radical (unpaired) electrons. The number of unbranched alkanes of at least 4 members (excludes halogenated alkanes) is 11. The molecule has 0 saturated carbocycles. The third kappa shape index (κ3) is 23.7. The van der Waals surface area contributed by atoms with Gasteiger partial charge in [-0.1, -0.05) is 76.9 Å². The summed E-state index contributed by atoms with van der Waals surface area (Å²) in [5.74, 6) is -0.911. The van der Waals surface area contributed by atoms with Crippen LogP contribution in [0.5, 0.6) is 0 Å². The van der Waals surface area contributed by atoms with E-state index in [-0.39, 0.29) is 19.4 Å². The first-order valence-corrected chi connectivity index (χ1v) is 14.0. The van der Waals surface area contributed by atoms with E-state index >= 15 is 0 Å². The van der Waals surface area contributed by atoms with Gasteiger partial charge in [0.1, 0.15) is 6.61 Å². The van der Waals surface area contributed by atoms with Gasteiger partial charge in [-0.3, -0.25) is 14.1 Å². The van der Waals surface area contributed by atoms with Crippen molar-refractivity contribution >= 4 is 19.8 Å². The third-order valence-electron chi connectivity index (χ3n) is 5.13. The molecule has 0 rings (SSSR count). The van der Waals surface area contributed by atoms with Gasteiger partial charge in [0.2, 0.25) is 0 Å². The molecule has 1 atom stereocenters. The molecule has 0 amide bonds. The number of allylic oxidation sites excluding steroid dienone is 2. The maximum atomic E-state index is 12.1. The first-order valence-electron chi connectivity index (χ1n) is 12.4. The van der Waals surface area contributed by atoms with E-state index in [9.17, 15) is 14.2 Å². The fourth-order valence-corrected chi connectivity index (χ4v) is 3.61. The number of carbonyl (C=O) groups excluding carboxylic acids is 2. The molecule has 0 aromatic rings. The summed E-state index contributed by atoms with van der Waals surface area (Å²) in [5.41, 5.74) is 0. The molecule has 0 heterocycles. The molecule has 2 N–H and O–H groups in total. The van der Waals surface area contributed by atoms with Gasteiger partial charge in [0, 0.05) is 12.8 Å². The van der Waals surface area contributed by atoms with Gasteiger partial charge in [-0.2, -0.15) is 0 Å². The molecule has 194 valence electrons. The van der Waals surface area contributed by atoms with Crippen LogP contribution in [0.25, 0.3) is 0 Å². The van der Waals surface area contributed by atoms with Crippen LogP contribution in [0.1, 0.15) is 110 Å². The van der Waals surface area contributed by atoms with Crippen molar-refractivity contribution < 1.29 is 37.9 Å². The maximum Gasteiger partial charge on any atom is 0.469 e.